The van der Waals surface area contributed by atoms with Gasteiger partial charge in [-0.05, 0) is 12.8 Å². The zero-order chi connectivity index (χ0) is 15.8. The molecule has 1 aromatic heterocycles. The summed E-state index contributed by atoms with van der Waals surface area (Å²) in [6, 6.07) is -0.344. The van der Waals surface area contributed by atoms with Crippen LogP contribution in [0, 0.1) is 5.92 Å². The Bertz CT molecular complexity index is 474. The Morgan fingerprint density at radius 3 is 2.71 bits per heavy atom. The molecule has 118 valence electrons. The van der Waals surface area contributed by atoms with Crippen LogP contribution in [-0.4, -0.2) is 36.6 Å². The minimum atomic E-state index is -0.344. The van der Waals surface area contributed by atoms with Gasteiger partial charge in [-0.1, -0.05) is 13.8 Å². The molecule has 0 fully saturated rings. The smallest absolute Gasteiger partial charge is 0.305 e. The molecule has 0 aliphatic heterocycles. The normalized spacial score (nSPS) is 12.0. The fourth-order valence-corrected chi connectivity index (χ4v) is 2.36. The third kappa shape index (κ3) is 6.57. The number of amides is 1. The molecule has 0 aliphatic rings. The minimum Gasteiger partial charge on any atom is -0.469 e. The average molecular weight is 313 g/mol. The van der Waals surface area contributed by atoms with Crippen molar-refractivity contribution in [2.24, 2.45) is 5.92 Å². The maximum absolute atomic E-state index is 11.9. The number of methoxy groups -OCH3 is 1. The van der Waals surface area contributed by atoms with Gasteiger partial charge in [-0.25, -0.2) is 4.98 Å². The summed E-state index contributed by atoms with van der Waals surface area (Å²) in [6.45, 7) is 6.55. The molecule has 1 rings (SSSR count). The molecule has 0 saturated carbocycles. The molecule has 0 aromatic carbocycles. The lowest BCUT2D eigenvalue weighted by molar-refractivity contribution is -0.140. The van der Waals surface area contributed by atoms with Gasteiger partial charge in [0.25, 0.3) is 0 Å². The zero-order valence-electron chi connectivity index (χ0n) is 12.9. The molecule has 6 nitrogen and oxygen atoms in total. The van der Waals surface area contributed by atoms with Crippen molar-refractivity contribution in [3.63, 3.8) is 0 Å². The van der Waals surface area contributed by atoms with Crippen molar-refractivity contribution >= 4 is 28.3 Å². The van der Waals surface area contributed by atoms with Gasteiger partial charge in [-0.3, -0.25) is 9.59 Å². The van der Waals surface area contributed by atoms with Gasteiger partial charge in [0.15, 0.2) is 5.13 Å². The highest BCUT2D eigenvalue weighted by Gasteiger charge is 2.14. The van der Waals surface area contributed by atoms with Gasteiger partial charge in [0, 0.05) is 18.3 Å². The molecule has 0 radical (unpaired) electrons. The highest BCUT2D eigenvalue weighted by molar-refractivity contribution is 7.13. The average Bonchev–Trinajstić information content (AvgIpc) is 2.89. The van der Waals surface area contributed by atoms with Crippen LogP contribution < -0.4 is 10.6 Å². The molecule has 7 heteroatoms. The number of rotatable bonds is 8. The summed E-state index contributed by atoms with van der Waals surface area (Å²) >= 11 is 1.42. The van der Waals surface area contributed by atoms with Gasteiger partial charge in [0.2, 0.25) is 5.91 Å². The van der Waals surface area contributed by atoms with Crippen molar-refractivity contribution < 1.29 is 14.3 Å². The van der Waals surface area contributed by atoms with Crippen LogP contribution in [0.4, 0.5) is 5.13 Å². The molecule has 0 bridgehead atoms. The summed E-state index contributed by atoms with van der Waals surface area (Å²) in [6.07, 6.45) is 0.850. The van der Waals surface area contributed by atoms with E-state index < -0.39 is 0 Å². The van der Waals surface area contributed by atoms with Gasteiger partial charge in [0.05, 0.1) is 19.2 Å². The Balaban J connectivity index is 2.42. The summed E-state index contributed by atoms with van der Waals surface area (Å²) < 4.78 is 4.59. The lowest BCUT2D eigenvalue weighted by Gasteiger charge is -2.14. The van der Waals surface area contributed by atoms with Crippen molar-refractivity contribution in [2.75, 3.05) is 19.0 Å². The molecule has 1 heterocycles. The van der Waals surface area contributed by atoms with E-state index in [-0.39, 0.29) is 17.9 Å². The van der Waals surface area contributed by atoms with Crippen molar-refractivity contribution in [1.29, 1.82) is 0 Å². The highest BCUT2D eigenvalue weighted by atomic mass is 32.1. The van der Waals surface area contributed by atoms with Crippen LogP contribution in [0.25, 0.3) is 0 Å². The summed E-state index contributed by atoms with van der Waals surface area (Å²) in [7, 11) is 1.37. The maximum Gasteiger partial charge on any atom is 0.305 e. The summed E-state index contributed by atoms with van der Waals surface area (Å²) in [4.78, 5) is 27.3. The number of carbonyl (C=O) groups is 2. The molecule has 0 saturated heterocycles. The first kappa shape index (κ1) is 17.4. The molecule has 2 N–H and O–H groups in total. The standard InChI is InChI=1S/C14H23N3O3S/c1-9(2)7-15-13(19)10(3)16-14-17-11(8-21-14)5-6-12(18)20-4/h8-10H,5-7H2,1-4H3,(H,15,19)(H,16,17). The first-order chi connectivity index (χ1) is 9.92. The molecule has 1 aromatic rings. The fraction of sp³-hybridized carbons (Fsp3) is 0.643. The molecule has 1 unspecified atom stereocenters. The number of ether oxygens (including phenoxy) is 1. The Morgan fingerprint density at radius 2 is 2.10 bits per heavy atom. The molecule has 0 aliphatic carbocycles. The summed E-state index contributed by atoms with van der Waals surface area (Å²) in [5, 5.41) is 8.50. The molecule has 21 heavy (non-hydrogen) atoms. The number of carbonyl (C=O) groups excluding carboxylic acids is 2. The van der Waals surface area contributed by atoms with Gasteiger partial charge in [0.1, 0.15) is 6.04 Å². The molecule has 1 amide bonds. The predicted molar refractivity (Wildman–Crippen MR) is 83.4 cm³/mol. The Morgan fingerprint density at radius 1 is 1.38 bits per heavy atom. The number of nitrogens with zero attached hydrogens (tertiary/aromatic N) is 1. The van der Waals surface area contributed by atoms with E-state index in [1.54, 1.807) is 6.92 Å². The van der Waals surface area contributed by atoms with E-state index in [9.17, 15) is 9.59 Å². The number of esters is 1. The number of nitrogens with one attached hydrogen (secondary N) is 2. The lowest BCUT2D eigenvalue weighted by Crippen LogP contribution is -2.39. The highest BCUT2D eigenvalue weighted by Crippen LogP contribution is 2.17. The third-order valence-electron chi connectivity index (χ3n) is 2.78. The first-order valence-electron chi connectivity index (χ1n) is 6.97. The second-order valence-corrected chi connectivity index (χ2v) is 6.08. The lowest BCUT2D eigenvalue weighted by atomic mass is 10.2. The number of aromatic nitrogens is 1. The number of thiazole rings is 1. The van der Waals surface area contributed by atoms with Gasteiger partial charge < -0.3 is 15.4 Å². The molecular formula is C14H23N3O3S. The van der Waals surface area contributed by atoms with Crippen LogP contribution in [0.15, 0.2) is 5.38 Å². The third-order valence-corrected chi connectivity index (χ3v) is 3.60. The quantitative estimate of drug-likeness (QED) is 0.716. The number of hydrogen-bond donors (Lipinski definition) is 2. The van der Waals surface area contributed by atoms with Gasteiger partial charge in [-0.15, -0.1) is 11.3 Å². The summed E-state index contributed by atoms with van der Waals surface area (Å²) in [5.74, 6) is 0.125. The first-order valence-corrected chi connectivity index (χ1v) is 7.85. The van der Waals surface area contributed by atoms with E-state index >= 15 is 0 Å². The maximum atomic E-state index is 11.9. The SMILES string of the molecule is COC(=O)CCc1csc(NC(C)C(=O)NCC(C)C)n1. The molecule has 1 atom stereocenters. The monoisotopic (exact) mass is 313 g/mol. The van der Waals surface area contributed by atoms with Crippen molar-refractivity contribution in [1.82, 2.24) is 10.3 Å². The van der Waals surface area contributed by atoms with E-state index in [0.29, 0.717) is 30.4 Å². The number of aryl methyl sites for hydroxylation is 1. The minimum absolute atomic E-state index is 0.0463. The van der Waals surface area contributed by atoms with Crippen molar-refractivity contribution in [3.05, 3.63) is 11.1 Å². The largest absolute Gasteiger partial charge is 0.469 e. The van der Waals surface area contributed by atoms with E-state index in [4.69, 9.17) is 0 Å². The fourth-order valence-electron chi connectivity index (χ4n) is 1.53. The van der Waals surface area contributed by atoms with Gasteiger partial charge in [-0.2, -0.15) is 0 Å². The molecule has 0 spiro atoms. The van der Waals surface area contributed by atoms with Crippen LogP contribution in [-0.2, 0) is 20.7 Å². The zero-order valence-corrected chi connectivity index (χ0v) is 13.8. The topological polar surface area (TPSA) is 80.3 Å². The van der Waals surface area contributed by atoms with Crippen molar-refractivity contribution in [3.8, 4) is 0 Å². The number of anilines is 1. The summed E-state index contributed by atoms with van der Waals surface area (Å²) in [5.41, 5.74) is 0.822. The van der Waals surface area contributed by atoms with E-state index in [1.807, 2.05) is 19.2 Å². The van der Waals surface area contributed by atoms with E-state index in [2.05, 4.69) is 20.4 Å². The molecular weight excluding hydrogens is 290 g/mol. The predicted octanol–water partition coefficient (Wildman–Crippen LogP) is 1.82. The van der Waals surface area contributed by atoms with Gasteiger partial charge >= 0.3 is 5.97 Å². The van der Waals surface area contributed by atoms with Crippen LogP contribution in [0.5, 0.6) is 0 Å². The number of hydrogen-bond acceptors (Lipinski definition) is 6. The van der Waals surface area contributed by atoms with E-state index in [0.717, 1.165) is 5.69 Å². The Kier molecular flexibility index (Phi) is 7.14. The Labute approximate surface area is 129 Å². The van der Waals surface area contributed by atoms with Crippen molar-refractivity contribution in [2.45, 2.75) is 39.7 Å². The van der Waals surface area contributed by atoms with Crippen LogP contribution in [0.3, 0.4) is 0 Å². The van der Waals surface area contributed by atoms with Crippen LogP contribution in [0.2, 0.25) is 0 Å². The Hall–Kier alpha value is -1.63. The van der Waals surface area contributed by atoms with E-state index in [1.165, 1.54) is 18.4 Å². The van der Waals surface area contributed by atoms with Crippen LogP contribution >= 0.6 is 11.3 Å². The second kappa shape index (κ2) is 8.61. The second-order valence-electron chi connectivity index (χ2n) is 5.23. The van der Waals surface area contributed by atoms with Crippen LogP contribution in [0.1, 0.15) is 32.9 Å².